The Morgan fingerprint density at radius 2 is 2.08 bits per heavy atom. The molecule has 3 N–H and O–H groups in total. The number of carbonyl (C=O) groups excluding carboxylic acids is 1. The lowest BCUT2D eigenvalue weighted by atomic mass is 10.1. The highest BCUT2D eigenvalue weighted by atomic mass is 32.1. The minimum Gasteiger partial charge on any atom is -0.497 e. The summed E-state index contributed by atoms with van der Waals surface area (Å²) in [5.74, 6) is 0.536. The average Bonchev–Trinajstić information content (AvgIpc) is 3.18. The lowest BCUT2D eigenvalue weighted by molar-refractivity contribution is 0.103. The SMILES string of the molecule is COc1ccc(NC(=O)c2sc3nc4c(cc3c2N)CCC4)cc1. The van der Waals surface area contributed by atoms with Crippen LogP contribution in [0.1, 0.15) is 27.3 Å². The molecule has 122 valence electrons. The zero-order chi connectivity index (χ0) is 16.7. The number of thiophene rings is 1. The summed E-state index contributed by atoms with van der Waals surface area (Å²) in [5, 5.41) is 3.77. The molecular weight excluding hydrogens is 322 g/mol. The standard InChI is InChI=1S/C18H17N3O2S/c1-23-12-7-5-11(6-8-12)20-17(22)16-15(19)13-9-10-3-2-4-14(10)21-18(13)24-16/h5-9H,2-4,19H2,1H3,(H,20,22). The van der Waals surface area contributed by atoms with Crippen LogP contribution in [0.25, 0.3) is 10.2 Å². The first-order valence-corrected chi connectivity index (χ1v) is 8.63. The molecule has 2 heterocycles. The van der Waals surface area contributed by atoms with E-state index >= 15 is 0 Å². The van der Waals surface area contributed by atoms with Gasteiger partial charge in [-0.3, -0.25) is 4.79 Å². The zero-order valence-electron chi connectivity index (χ0n) is 13.3. The molecule has 24 heavy (non-hydrogen) atoms. The van der Waals surface area contributed by atoms with E-state index in [0.29, 0.717) is 16.3 Å². The van der Waals surface area contributed by atoms with Crippen LogP contribution in [0.2, 0.25) is 0 Å². The van der Waals surface area contributed by atoms with Crippen molar-refractivity contribution in [2.75, 3.05) is 18.2 Å². The van der Waals surface area contributed by atoms with Crippen LogP contribution in [-0.2, 0) is 12.8 Å². The van der Waals surface area contributed by atoms with Crippen LogP contribution in [-0.4, -0.2) is 18.0 Å². The molecule has 0 atom stereocenters. The van der Waals surface area contributed by atoms with E-state index in [1.54, 1.807) is 31.4 Å². The molecule has 2 aromatic heterocycles. The number of aromatic nitrogens is 1. The normalized spacial score (nSPS) is 13.0. The van der Waals surface area contributed by atoms with Crippen LogP contribution >= 0.6 is 11.3 Å². The molecule has 6 heteroatoms. The van der Waals surface area contributed by atoms with Crippen molar-refractivity contribution in [1.82, 2.24) is 4.98 Å². The highest BCUT2D eigenvalue weighted by Crippen LogP contribution is 2.36. The van der Waals surface area contributed by atoms with Gasteiger partial charge in [-0.2, -0.15) is 0 Å². The fourth-order valence-electron chi connectivity index (χ4n) is 3.03. The van der Waals surface area contributed by atoms with E-state index in [1.807, 2.05) is 0 Å². The quantitative estimate of drug-likeness (QED) is 0.764. The third-order valence-corrected chi connectivity index (χ3v) is 5.42. The predicted molar refractivity (Wildman–Crippen MR) is 97.0 cm³/mol. The van der Waals surface area contributed by atoms with Crippen molar-refractivity contribution in [2.45, 2.75) is 19.3 Å². The van der Waals surface area contributed by atoms with Gasteiger partial charge in [0, 0.05) is 16.8 Å². The van der Waals surface area contributed by atoms with Crippen molar-refractivity contribution in [1.29, 1.82) is 0 Å². The van der Waals surface area contributed by atoms with Crippen molar-refractivity contribution in [3.05, 3.63) is 46.5 Å². The fourth-order valence-corrected chi connectivity index (χ4v) is 4.02. The molecule has 1 aliphatic carbocycles. The summed E-state index contributed by atoms with van der Waals surface area (Å²) in [4.78, 5) is 18.6. The van der Waals surface area contributed by atoms with Gasteiger partial charge in [-0.05, 0) is 55.2 Å². The number of nitrogens with two attached hydrogens (primary N) is 1. The van der Waals surface area contributed by atoms with E-state index in [4.69, 9.17) is 15.5 Å². The number of methoxy groups -OCH3 is 1. The summed E-state index contributed by atoms with van der Waals surface area (Å²) in [6.45, 7) is 0. The van der Waals surface area contributed by atoms with E-state index in [-0.39, 0.29) is 5.91 Å². The number of hydrogen-bond donors (Lipinski definition) is 2. The number of amides is 1. The highest BCUT2D eigenvalue weighted by molar-refractivity contribution is 7.21. The Labute approximate surface area is 143 Å². The monoisotopic (exact) mass is 339 g/mol. The molecule has 1 aliphatic rings. The summed E-state index contributed by atoms with van der Waals surface area (Å²) in [7, 11) is 1.61. The third-order valence-electron chi connectivity index (χ3n) is 4.30. The highest BCUT2D eigenvalue weighted by Gasteiger charge is 2.21. The molecule has 0 saturated carbocycles. The molecule has 0 fully saturated rings. The molecule has 3 aromatic rings. The molecule has 0 aliphatic heterocycles. The summed E-state index contributed by atoms with van der Waals surface area (Å²) in [5.41, 5.74) is 9.84. The number of ether oxygens (including phenoxy) is 1. The number of nitrogen functional groups attached to an aromatic ring is 1. The molecule has 1 aromatic carbocycles. The van der Waals surface area contributed by atoms with Gasteiger partial charge in [0.1, 0.15) is 15.5 Å². The minimum atomic E-state index is -0.208. The molecular formula is C18H17N3O2S. The Hall–Kier alpha value is -2.60. The third kappa shape index (κ3) is 2.49. The Kier molecular flexibility index (Phi) is 3.61. The van der Waals surface area contributed by atoms with Crippen molar-refractivity contribution in [3.63, 3.8) is 0 Å². The summed E-state index contributed by atoms with van der Waals surface area (Å²) in [6.07, 6.45) is 3.20. The largest absolute Gasteiger partial charge is 0.497 e. The van der Waals surface area contributed by atoms with Crippen LogP contribution in [0.5, 0.6) is 5.75 Å². The topological polar surface area (TPSA) is 77.2 Å². The van der Waals surface area contributed by atoms with Crippen LogP contribution in [0, 0.1) is 0 Å². The average molecular weight is 339 g/mol. The second-order valence-corrected chi connectivity index (χ2v) is 6.83. The molecule has 0 spiro atoms. The van der Waals surface area contributed by atoms with E-state index in [1.165, 1.54) is 16.9 Å². The molecule has 0 saturated heterocycles. The van der Waals surface area contributed by atoms with Gasteiger partial charge in [0.05, 0.1) is 12.8 Å². The van der Waals surface area contributed by atoms with Crippen LogP contribution in [0.15, 0.2) is 30.3 Å². The smallest absolute Gasteiger partial charge is 0.267 e. The van der Waals surface area contributed by atoms with Gasteiger partial charge in [0.2, 0.25) is 0 Å². The number of nitrogens with one attached hydrogen (secondary N) is 1. The number of pyridine rings is 1. The fraction of sp³-hybridized carbons (Fsp3) is 0.222. The number of benzene rings is 1. The maximum atomic E-state index is 12.6. The number of carbonyl (C=O) groups is 1. The van der Waals surface area contributed by atoms with Crippen molar-refractivity contribution >= 4 is 38.8 Å². The van der Waals surface area contributed by atoms with Crippen molar-refractivity contribution < 1.29 is 9.53 Å². The Balaban J connectivity index is 1.65. The van der Waals surface area contributed by atoms with Crippen molar-refractivity contribution in [3.8, 4) is 5.75 Å². The first-order chi connectivity index (χ1) is 11.7. The van der Waals surface area contributed by atoms with Crippen LogP contribution < -0.4 is 15.8 Å². The number of nitrogens with zero attached hydrogens (tertiary/aromatic N) is 1. The van der Waals surface area contributed by atoms with Gasteiger partial charge in [-0.1, -0.05) is 0 Å². The van der Waals surface area contributed by atoms with Gasteiger partial charge in [0.25, 0.3) is 5.91 Å². The number of fused-ring (bicyclic) bond motifs is 2. The summed E-state index contributed by atoms with van der Waals surface area (Å²) < 4.78 is 5.12. The Morgan fingerprint density at radius 1 is 1.29 bits per heavy atom. The maximum Gasteiger partial charge on any atom is 0.267 e. The molecule has 0 unspecified atom stereocenters. The summed E-state index contributed by atoms with van der Waals surface area (Å²) >= 11 is 1.35. The number of anilines is 2. The molecule has 1 amide bonds. The lowest BCUT2D eigenvalue weighted by Gasteiger charge is -2.05. The van der Waals surface area contributed by atoms with Crippen LogP contribution in [0.4, 0.5) is 11.4 Å². The van der Waals surface area contributed by atoms with E-state index < -0.39 is 0 Å². The number of rotatable bonds is 3. The number of aryl methyl sites for hydroxylation is 2. The van der Waals surface area contributed by atoms with Crippen LogP contribution in [0.3, 0.4) is 0 Å². The Bertz CT molecular complexity index is 932. The zero-order valence-corrected chi connectivity index (χ0v) is 14.1. The summed E-state index contributed by atoms with van der Waals surface area (Å²) in [6, 6.07) is 9.30. The van der Waals surface area contributed by atoms with Gasteiger partial charge >= 0.3 is 0 Å². The second kappa shape index (κ2) is 5.79. The number of hydrogen-bond acceptors (Lipinski definition) is 5. The van der Waals surface area contributed by atoms with Gasteiger partial charge in [-0.15, -0.1) is 11.3 Å². The van der Waals surface area contributed by atoms with E-state index in [9.17, 15) is 4.79 Å². The first-order valence-electron chi connectivity index (χ1n) is 7.82. The first kappa shape index (κ1) is 15.0. The van der Waals surface area contributed by atoms with Crippen molar-refractivity contribution in [2.24, 2.45) is 0 Å². The molecule has 0 radical (unpaired) electrons. The second-order valence-electron chi connectivity index (χ2n) is 5.83. The maximum absolute atomic E-state index is 12.6. The molecule has 4 rings (SSSR count). The predicted octanol–water partition coefficient (Wildman–Crippen LogP) is 3.63. The van der Waals surface area contributed by atoms with Gasteiger partial charge in [-0.25, -0.2) is 4.98 Å². The van der Waals surface area contributed by atoms with E-state index in [0.717, 1.165) is 40.9 Å². The molecule has 0 bridgehead atoms. The van der Waals surface area contributed by atoms with E-state index in [2.05, 4.69) is 11.4 Å². The van der Waals surface area contributed by atoms with Gasteiger partial charge < -0.3 is 15.8 Å². The molecule has 5 nitrogen and oxygen atoms in total. The van der Waals surface area contributed by atoms with Gasteiger partial charge in [0.15, 0.2) is 0 Å². The lowest BCUT2D eigenvalue weighted by Crippen LogP contribution is -2.11. The minimum absolute atomic E-state index is 0.208. The Morgan fingerprint density at radius 3 is 2.83 bits per heavy atom.